The fourth-order valence-electron chi connectivity index (χ4n) is 2.22. The number of anilines is 1. The molecule has 1 N–H and O–H groups in total. The van der Waals surface area contributed by atoms with Crippen LogP contribution >= 0.6 is 22.9 Å². The summed E-state index contributed by atoms with van der Waals surface area (Å²) in [5, 5.41) is 4.19. The molecular weight excluding hydrogens is 280 g/mol. The van der Waals surface area contributed by atoms with Crippen molar-refractivity contribution in [2.75, 3.05) is 5.32 Å². The van der Waals surface area contributed by atoms with Crippen molar-refractivity contribution < 1.29 is 4.79 Å². The Morgan fingerprint density at radius 1 is 1.37 bits per heavy atom. The van der Waals surface area contributed by atoms with Gasteiger partial charge in [0.25, 0.3) is 0 Å². The number of benzene rings is 1. The molecule has 1 aromatic heterocycles. The van der Waals surface area contributed by atoms with Crippen molar-refractivity contribution in [3.63, 3.8) is 0 Å². The second-order valence-corrected chi connectivity index (χ2v) is 6.05. The molecule has 3 rings (SSSR count). The van der Waals surface area contributed by atoms with Crippen LogP contribution < -0.4 is 5.32 Å². The maximum absolute atomic E-state index is 12.0. The van der Waals surface area contributed by atoms with E-state index in [9.17, 15) is 4.79 Å². The first-order chi connectivity index (χ1) is 9.22. The fourth-order valence-corrected chi connectivity index (χ4v) is 3.49. The normalized spacial score (nSPS) is 13.3. The van der Waals surface area contributed by atoms with E-state index >= 15 is 0 Å². The van der Waals surface area contributed by atoms with Crippen molar-refractivity contribution in [3.8, 4) is 0 Å². The third-order valence-corrected chi connectivity index (χ3v) is 4.59. The van der Waals surface area contributed by atoms with E-state index in [4.69, 9.17) is 11.6 Å². The van der Waals surface area contributed by atoms with Gasteiger partial charge in [-0.3, -0.25) is 4.79 Å². The summed E-state index contributed by atoms with van der Waals surface area (Å²) in [5.74, 6) is -0.0690. The molecule has 98 valence electrons. The molecule has 0 radical (unpaired) electrons. The number of carbonyl (C=O) groups excluding carboxylic acids is 1. The van der Waals surface area contributed by atoms with Gasteiger partial charge < -0.3 is 5.32 Å². The Kier molecular flexibility index (Phi) is 3.53. The van der Waals surface area contributed by atoms with Crippen LogP contribution in [0, 0.1) is 0 Å². The van der Waals surface area contributed by atoms with Gasteiger partial charge in [-0.15, -0.1) is 11.3 Å². The Hall–Kier alpha value is -1.39. The van der Waals surface area contributed by atoms with E-state index in [1.807, 2.05) is 18.2 Å². The van der Waals surface area contributed by atoms with Gasteiger partial charge in [-0.2, -0.15) is 0 Å². The van der Waals surface area contributed by atoms with Gasteiger partial charge in [0.15, 0.2) is 5.13 Å². The molecule has 1 amide bonds. The van der Waals surface area contributed by atoms with E-state index in [-0.39, 0.29) is 12.3 Å². The predicted molar refractivity (Wildman–Crippen MR) is 77.9 cm³/mol. The van der Waals surface area contributed by atoms with Gasteiger partial charge in [0.05, 0.1) is 12.1 Å². The summed E-state index contributed by atoms with van der Waals surface area (Å²) in [6.45, 7) is 0. The first-order valence-electron chi connectivity index (χ1n) is 6.24. The lowest BCUT2D eigenvalue weighted by molar-refractivity contribution is -0.115. The minimum atomic E-state index is -0.0690. The number of rotatable bonds is 3. The summed E-state index contributed by atoms with van der Waals surface area (Å²) in [7, 11) is 0. The number of hydrogen-bond acceptors (Lipinski definition) is 3. The minimum Gasteiger partial charge on any atom is -0.302 e. The highest BCUT2D eigenvalue weighted by Crippen LogP contribution is 2.30. The number of thiazole rings is 1. The standard InChI is InChI=1S/C14H13ClN2OS/c15-10-5-2-1-4-9(10)8-13(18)17-14-16-11-6-3-7-12(11)19-14/h1-2,4-5H,3,6-8H2,(H,16,17,18). The van der Waals surface area contributed by atoms with Gasteiger partial charge in [-0.1, -0.05) is 29.8 Å². The van der Waals surface area contributed by atoms with Crippen LogP contribution in [0.4, 0.5) is 5.13 Å². The number of nitrogens with one attached hydrogen (secondary N) is 1. The number of aromatic nitrogens is 1. The smallest absolute Gasteiger partial charge is 0.230 e. The molecule has 0 fully saturated rings. The Morgan fingerprint density at radius 3 is 3.00 bits per heavy atom. The summed E-state index contributed by atoms with van der Waals surface area (Å²) in [4.78, 5) is 17.7. The van der Waals surface area contributed by atoms with Crippen molar-refractivity contribution in [3.05, 3.63) is 45.4 Å². The van der Waals surface area contributed by atoms with E-state index in [1.54, 1.807) is 17.4 Å². The SMILES string of the molecule is O=C(Cc1ccccc1Cl)Nc1nc2c(s1)CCC2. The predicted octanol–water partition coefficient (Wildman–Crippen LogP) is 3.47. The molecule has 5 heteroatoms. The largest absolute Gasteiger partial charge is 0.302 e. The first-order valence-corrected chi connectivity index (χ1v) is 7.43. The van der Waals surface area contributed by atoms with Crippen molar-refractivity contribution in [1.29, 1.82) is 0 Å². The Morgan fingerprint density at radius 2 is 2.21 bits per heavy atom. The number of hydrogen-bond donors (Lipinski definition) is 1. The zero-order valence-corrected chi connectivity index (χ0v) is 11.9. The molecular formula is C14H13ClN2OS. The third-order valence-electron chi connectivity index (χ3n) is 3.15. The molecule has 1 aliphatic rings. The second kappa shape index (κ2) is 5.31. The summed E-state index contributed by atoms with van der Waals surface area (Å²) in [6, 6.07) is 7.40. The molecule has 1 heterocycles. The van der Waals surface area contributed by atoms with Gasteiger partial charge in [-0.25, -0.2) is 4.98 Å². The van der Waals surface area contributed by atoms with Crippen molar-refractivity contribution in [2.24, 2.45) is 0 Å². The van der Waals surface area contributed by atoms with Crippen LogP contribution in [0.1, 0.15) is 22.6 Å². The summed E-state index contributed by atoms with van der Waals surface area (Å²) < 4.78 is 0. The quantitative estimate of drug-likeness (QED) is 0.941. The van der Waals surface area contributed by atoms with E-state index in [0.717, 1.165) is 24.1 Å². The molecule has 2 aromatic rings. The molecule has 0 aliphatic heterocycles. The highest BCUT2D eigenvalue weighted by atomic mass is 35.5. The molecule has 1 aromatic carbocycles. The molecule has 0 saturated carbocycles. The van der Waals surface area contributed by atoms with E-state index in [0.29, 0.717) is 10.2 Å². The van der Waals surface area contributed by atoms with Gasteiger partial charge in [0.2, 0.25) is 5.91 Å². The minimum absolute atomic E-state index is 0.0690. The van der Waals surface area contributed by atoms with E-state index < -0.39 is 0 Å². The Labute approximate surface area is 120 Å². The molecule has 19 heavy (non-hydrogen) atoms. The highest BCUT2D eigenvalue weighted by Gasteiger charge is 2.17. The lowest BCUT2D eigenvalue weighted by Crippen LogP contribution is -2.14. The lowest BCUT2D eigenvalue weighted by atomic mass is 10.1. The molecule has 3 nitrogen and oxygen atoms in total. The summed E-state index contributed by atoms with van der Waals surface area (Å²) in [5.41, 5.74) is 1.99. The van der Waals surface area contributed by atoms with Crippen LogP contribution in [-0.4, -0.2) is 10.9 Å². The number of aryl methyl sites for hydroxylation is 2. The third kappa shape index (κ3) is 2.80. The Balaban J connectivity index is 1.66. The van der Waals surface area contributed by atoms with Crippen LogP contribution in [-0.2, 0) is 24.1 Å². The van der Waals surface area contributed by atoms with Crippen LogP contribution in [0.3, 0.4) is 0 Å². The van der Waals surface area contributed by atoms with Gasteiger partial charge in [0, 0.05) is 9.90 Å². The van der Waals surface area contributed by atoms with Crippen LogP contribution in [0.25, 0.3) is 0 Å². The Bertz CT molecular complexity index is 602. The van der Waals surface area contributed by atoms with E-state index in [2.05, 4.69) is 10.3 Å². The summed E-state index contributed by atoms with van der Waals surface area (Å²) >= 11 is 7.63. The zero-order chi connectivity index (χ0) is 13.2. The van der Waals surface area contributed by atoms with Crippen LogP contribution in [0.5, 0.6) is 0 Å². The summed E-state index contributed by atoms with van der Waals surface area (Å²) in [6.07, 6.45) is 3.59. The molecule has 0 unspecified atom stereocenters. The topological polar surface area (TPSA) is 42.0 Å². The van der Waals surface area contributed by atoms with Gasteiger partial charge in [-0.05, 0) is 30.9 Å². The number of amides is 1. The number of fused-ring (bicyclic) bond motifs is 1. The van der Waals surface area contributed by atoms with Crippen LogP contribution in [0.2, 0.25) is 5.02 Å². The van der Waals surface area contributed by atoms with Crippen molar-refractivity contribution >= 4 is 34.0 Å². The molecule has 0 saturated heterocycles. The number of nitrogens with zero attached hydrogens (tertiary/aromatic N) is 1. The molecule has 1 aliphatic carbocycles. The van der Waals surface area contributed by atoms with Gasteiger partial charge in [0.1, 0.15) is 0 Å². The zero-order valence-electron chi connectivity index (χ0n) is 10.3. The monoisotopic (exact) mass is 292 g/mol. The highest BCUT2D eigenvalue weighted by molar-refractivity contribution is 7.15. The van der Waals surface area contributed by atoms with Crippen molar-refractivity contribution in [1.82, 2.24) is 4.98 Å². The second-order valence-electron chi connectivity index (χ2n) is 4.56. The van der Waals surface area contributed by atoms with Gasteiger partial charge >= 0.3 is 0 Å². The first kappa shape index (κ1) is 12.6. The molecule has 0 spiro atoms. The number of halogens is 1. The van der Waals surface area contributed by atoms with E-state index in [1.165, 1.54) is 11.3 Å². The lowest BCUT2D eigenvalue weighted by Gasteiger charge is -2.04. The van der Waals surface area contributed by atoms with Crippen molar-refractivity contribution in [2.45, 2.75) is 25.7 Å². The molecule has 0 bridgehead atoms. The fraction of sp³-hybridized carbons (Fsp3) is 0.286. The maximum Gasteiger partial charge on any atom is 0.230 e. The average molecular weight is 293 g/mol. The number of carbonyl (C=O) groups is 1. The average Bonchev–Trinajstić information content (AvgIpc) is 2.92. The molecule has 0 atom stereocenters. The van der Waals surface area contributed by atoms with Crippen LogP contribution in [0.15, 0.2) is 24.3 Å². The maximum atomic E-state index is 12.0.